The fourth-order valence-corrected chi connectivity index (χ4v) is 11.1. The number of amides is 3. The number of unbranched alkanes of at least 4 members (excludes halogenated alkanes) is 1. The third-order valence-electron chi connectivity index (χ3n) is 14.0. The van der Waals surface area contributed by atoms with Gasteiger partial charge < -0.3 is 34.4 Å². The normalized spacial score (nSPS) is 20.1. The second-order valence-electron chi connectivity index (χ2n) is 21.1. The summed E-state index contributed by atoms with van der Waals surface area (Å²) in [7, 11) is 0. The molecule has 6 atom stereocenters. The van der Waals surface area contributed by atoms with Gasteiger partial charge in [0.1, 0.15) is 41.8 Å². The van der Waals surface area contributed by atoms with Gasteiger partial charge in [-0.15, -0.1) is 11.3 Å². The number of carbonyl (C=O) groups excluding carboxylic acids is 3. The smallest absolute Gasteiger partial charge is 0.420 e. The molecule has 2 aromatic heterocycles. The maximum absolute atomic E-state index is 15.5. The van der Waals surface area contributed by atoms with E-state index in [0.29, 0.717) is 17.7 Å². The Morgan fingerprint density at radius 1 is 0.987 bits per heavy atom. The number of aliphatic hydroxyl groups is 1. The predicted octanol–water partition coefficient (Wildman–Crippen LogP) is 9.89. The van der Waals surface area contributed by atoms with E-state index in [2.05, 4.69) is 44.9 Å². The van der Waals surface area contributed by atoms with Gasteiger partial charge in [-0.3, -0.25) is 29.6 Å². The van der Waals surface area contributed by atoms with Crippen molar-refractivity contribution < 1.29 is 64.4 Å². The van der Waals surface area contributed by atoms with Crippen LogP contribution in [-0.4, -0.2) is 105 Å². The summed E-state index contributed by atoms with van der Waals surface area (Å²) < 4.78 is 117. The van der Waals surface area contributed by atoms with E-state index >= 15 is 4.39 Å². The number of likely N-dealkylation sites (tertiary alicyclic amines) is 1. The van der Waals surface area contributed by atoms with E-state index in [9.17, 15) is 51.1 Å². The van der Waals surface area contributed by atoms with Crippen LogP contribution in [0.25, 0.3) is 21.7 Å². The first-order valence-electron chi connectivity index (χ1n) is 25.2. The number of aromatic nitrogens is 2. The fraction of sp³-hybridized carbons (Fsp3) is 0.436. The van der Waals surface area contributed by atoms with E-state index in [4.69, 9.17) is 26.4 Å². The zero-order valence-electron chi connectivity index (χ0n) is 44.0. The Labute approximate surface area is 460 Å². The molecule has 5 aromatic rings. The molecular weight excluding hydrogens is 1080 g/mol. The van der Waals surface area contributed by atoms with Gasteiger partial charge in [0.25, 0.3) is 5.91 Å². The Balaban J connectivity index is 0.813. The van der Waals surface area contributed by atoms with Crippen LogP contribution in [0.5, 0.6) is 5.75 Å². The Hall–Kier alpha value is -6.62. The summed E-state index contributed by atoms with van der Waals surface area (Å²) in [4.78, 5) is 54.2. The van der Waals surface area contributed by atoms with Gasteiger partial charge >= 0.3 is 12.4 Å². The van der Waals surface area contributed by atoms with Gasteiger partial charge in [-0.25, -0.2) is 9.37 Å². The SMILES string of the molecule is Cc1ncsc1-c1ccc([C@H](C)NC2OC2[C@@H]2C[C@@H](O)CN2C(=O)[C@@H](NC(=O)COCCCCOc2ccc(-c3ccc(N4C(=S)N(c5ccc(C#N)c(C(F)(F)F)c5F)C(=O)C4(C)C)cn3)cc2C(F)(F)F)C(C)(C)C)cc1. The monoisotopic (exact) mass is 1140 g/mol. The average Bonchev–Trinajstić information content (AvgIpc) is 3.74. The zero-order chi connectivity index (χ0) is 57.5. The van der Waals surface area contributed by atoms with Gasteiger partial charge in [0.2, 0.25) is 11.8 Å². The van der Waals surface area contributed by atoms with Gasteiger partial charge in [-0.05, 0) is 118 Å². The highest BCUT2D eigenvalue weighted by atomic mass is 32.1. The molecule has 8 rings (SSSR count). The molecule has 420 valence electrons. The molecule has 0 spiro atoms. The van der Waals surface area contributed by atoms with Gasteiger partial charge in [0, 0.05) is 24.8 Å². The molecule has 3 fully saturated rings. The Morgan fingerprint density at radius 3 is 2.30 bits per heavy atom. The zero-order valence-corrected chi connectivity index (χ0v) is 45.6. The Morgan fingerprint density at radius 2 is 1.68 bits per heavy atom. The number of β-amino-alcohol motifs (C(OH)–C–C–N with tert-alkyl or cyclic N) is 1. The standard InChI is InChI=1S/C55H57F7N8O7S2/c1-29(31-10-12-32(13-11-31)46-30(2)65-28-79-46)66-48-45(77-48)40-23-36(71)26-68(40)49(73)47(52(3,4)5)67-42(72)27-75-20-8-9-21-76-41-19-15-33(22-37(41)54(57,58)59)38-17-16-35(25-64-38)70-51(78)69(50(74)53(70,6)7)39-18-14-34(24-63)43(44(39)56)55(60,61)62/h10-19,22,25,28-29,36,40,45,47-48,66,71H,8-9,20-21,23,26-27H2,1-7H3,(H,67,72)/t29-,36+,40-,45?,47+,48?/m0/s1. The quantitative estimate of drug-likeness (QED) is 0.0326. The Kier molecular flexibility index (Phi) is 16.9. The van der Waals surface area contributed by atoms with E-state index in [1.807, 2.05) is 40.1 Å². The van der Waals surface area contributed by atoms with Crippen LogP contribution < -0.4 is 25.2 Å². The largest absolute Gasteiger partial charge is 0.493 e. The molecule has 5 heterocycles. The van der Waals surface area contributed by atoms with Gasteiger partial charge in [-0.2, -0.15) is 31.6 Å². The van der Waals surface area contributed by atoms with Crippen molar-refractivity contribution in [3.63, 3.8) is 0 Å². The third kappa shape index (κ3) is 12.6. The van der Waals surface area contributed by atoms with E-state index in [1.165, 1.54) is 49.2 Å². The first kappa shape index (κ1) is 58.5. The van der Waals surface area contributed by atoms with Crippen molar-refractivity contribution in [1.82, 2.24) is 25.5 Å². The number of epoxide rings is 1. The predicted molar refractivity (Wildman–Crippen MR) is 283 cm³/mol. The van der Waals surface area contributed by atoms with Crippen LogP contribution in [0.3, 0.4) is 0 Å². The molecule has 24 heteroatoms. The van der Waals surface area contributed by atoms with E-state index in [-0.39, 0.29) is 67.4 Å². The molecule has 0 saturated carbocycles. The molecule has 3 aliphatic heterocycles. The first-order valence-corrected chi connectivity index (χ1v) is 26.5. The lowest BCUT2D eigenvalue weighted by molar-refractivity contribution is -0.141. The molecule has 0 radical (unpaired) electrons. The number of nitrogens with one attached hydrogen (secondary N) is 2. The summed E-state index contributed by atoms with van der Waals surface area (Å²) in [6.07, 6.45) is -9.58. The van der Waals surface area contributed by atoms with Crippen LogP contribution in [0.1, 0.15) is 94.8 Å². The second kappa shape index (κ2) is 22.9. The number of hydrogen-bond acceptors (Lipinski definition) is 13. The van der Waals surface area contributed by atoms with Crippen molar-refractivity contribution in [1.29, 1.82) is 5.26 Å². The number of benzene rings is 3. The fourth-order valence-electron chi connectivity index (χ4n) is 9.75. The second-order valence-corrected chi connectivity index (χ2v) is 22.3. The van der Waals surface area contributed by atoms with Crippen LogP contribution >= 0.6 is 23.6 Å². The van der Waals surface area contributed by atoms with Crippen LogP contribution in [0.4, 0.5) is 42.1 Å². The summed E-state index contributed by atoms with van der Waals surface area (Å²) in [5, 5.41) is 25.8. The van der Waals surface area contributed by atoms with Crippen molar-refractivity contribution >= 4 is 57.8 Å². The number of anilines is 2. The molecule has 79 heavy (non-hydrogen) atoms. The van der Waals surface area contributed by atoms with Crippen LogP contribution in [-0.2, 0) is 36.2 Å². The topological polar surface area (TPSA) is 186 Å². The highest BCUT2D eigenvalue weighted by Gasteiger charge is 2.55. The number of ether oxygens (including phenoxy) is 3. The minimum absolute atomic E-state index is 0.0380. The highest BCUT2D eigenvalue weighted by Crippen LogP contribution is 2.44. The number of alkyl halides is 6. The molecule has 3 amide bonds. The highest BCUT2D eigenvalue weighted by molar-refractivity contribution is 7.81. The number of nitriles is 1. The third-order valence-corrected chi connectivity index (χ3v) is 15.3. The molecule has 0 aliphatic carbocycles. The lowest BCUT2D eigenvalue weighted by atomic mass is 9.85. The average molecular weight is 1140 g/mol. The van der Waals surface area contributed by atoms with E-state index in [1.54, 1.807) is 16.2 Å². The number of pyridine rings is 1. The number of rotatable bonds is 18. The van der Waals surface area contributed by atoms with Crippen LogP contribution in [0.15, 0.2) is 78.4 Å². The molecule has 3 aliphatic rings. The minimum atomic E-state index is -5.27. The van der Waals surface area contributed by atoms with Crippen molar-refractivity contribution in [2.24, 2.45) is 5.41 Å². The van der Waals surface area contributed by atoms with Gasteiger partial charge in [0.15, 0.2) is 10.9 Å². The van der Waals surface area contributed by atoms with Gasteiger partial charge in [0.05, 0.1) is 75.3 Å². The minimum Gasteiger partial charge on any atom is -0.493 e. The number of carbonyl (C=O) groups is 3. The van der Waals surface area contributed by atoms with Crippen molar-refractivity contribution in [3.8, 4) is 33.5 Å². The summed E-state index contributed by atoms with van der Waals surface area (Å²) in [5.74, 6) is -4.14. The molecule has 2 unspecified atom stereocenters. The number of hydrogen-bond donors (Lipinski definition) is 3. The van der Waals surface area contributed by atoms with Crippen molar-refractivity contribution in [2.75, 3.05) is 36.2 Å². The van der Waals surface area contributed by atoms with E-state index < -0.39 is 99.0 Å². The molecule has 3 N–H and O–H groups in total. The van der Waals surface area contributed by atoms with Crippen LogP contribution in [0.2, 0.25) is 0 Å². The van der Waals surface area contributed by atoms with Gasteiger partial charge in [-0.1, -0.05) is 45.0 Å². The number of thiocarbonyl (C=S) groups is 1. The number of aryl methyl sites for hydroxylation is 1. The molecule has 0 bridgehead atoms. The Bertz CT molecular complexity index is 3140. The number of aliphatic hydroxyl groups excluding tert-OH is 1. The van der Waals surface area contributed by atoms with Crippen LogP contribution in [0, 0.1) is 29.5 Å². The van der Waals surface area contributed by atoms with Crippen molar-refractivity contribution in [2.45, 2.75) is 122 Å². The van der Waals surface area contributed by atoms with E-state index in [0.717, 1.165) is 46.0 Å². The lowest BCUT2D eigenvalue weighted by Crippen LogP contribution is -2.57. The summed E-state index contributed by atoms with van der Waals surface area (Å²) in [6, 6.07) is 15.7. The maximum Gasteiger partial charge on any atom is 0.420 e. The first-order chi connectivity index (χ1) is 37.1. The molecule has 3 aromatic carbocycles. The number of thiazole rings is 1. The maximum atomic E-state index is 15.5. The number of halogens is 7. The summed E-state index contributed by atoms with van der Waals surface area (Å²) in [5.41, 5.74) is -1.95. The number of nitrogens with zero attached hydrogens (tertiary/aromatic N) is 6. The van der Waals surface area contributed by atoms with Crippen molar-refractivity contribution in [3.05, 3.63) is 112 Å². The molecule has 15 nitrogen and oxygen atoms in total. The molecular formula is C55H57F7N8O7S2. The molecule has 3 saturated heterocycles. The summed E-state index contributed by atoms with van der Waals surface area (Å²) >= 11 is 7.06. The summed E-state index contributed by atoms with van der Waals surface area (Å²) in [6.45, 7) is 11.8. The lowest BCUT2D eigenvalue weighted by Gasteiger charge is -2.35.